The van der Waals surface area contributed by atoms with E-state index >= 15 is 0 Å². The Hall–Kier alpha value is -2.56. The molecule has 2 bridgehead atoms. The highest BCUT2D eigenvalue weighted by molar-refractivity contribution is 14.1. The van der Waals surface area contributed by atoms with Crippen molar-refractivity contribution < 1.29 is 23.0 Å². The van der Waals surface area contributed by atoms with Crippen molar-refractivity contribution in [2.75, 3.05) is 19.4 Å². The number of ether oxygens (including phenoxy) is 2. The van der Waals surface area contributed by atoms with Gasteiger partial charge in [-0.05, 0) is 115 Å². The highest BCUT2D eigenvalue weighted by Crippen LogP contribution is 2.42. The van der Waals surface area contributed by atoms with Crippen molar-refractivity contribution in [3.05, 3.63) is 98.6 Å². The normalized spacial score (nSPS) is 22.5. The van der Waals surface area contributed by atoms with Crippen LogP contribution in [0.5, 0.6) is 0 Å². The van der Waals surface area contributed by atoms with E-state index in [2.05, 4.69) is 40.6 Å². The average Bonchev–Trinajstić information content (AvgIpc) is 3.18. The molecule has 0 aliphatic carbocycles. The van der Waals surface area contributed by atoms with Gasteiger partial charge in [-0.3, -0.25) is 9.69 Å². The molecule has 5 nitrogen and oxygen atoms in total. The van der Waals surface area contributed by atoms with Crippen molar-refractivity contribution in [3.63, 3.8) is 0 Å². The minimum Gasteiger partial charge on any atom is -0.465 e. The van der Waals surface area contributed by atoms with Gasteiger partial charge in [0.2, 0.25) is 0 Å². The van der Waals surface area contributed by atoms with Crippen molar-refractivity contribution in [2.45, 2.75) is 62.8 Å². The van der Waals surface area contributed by atoms with Gasteiger partial charge in [0.15, 0.2) is 0 Å². The summed E-state index contributed by atoms with van der Waals surface area (Å²) >= 11 is 2.22. The van der Waals surface area contributed by atoms with Gasteiger partial charge in [0, 0.05) is 33.7 Å². The van der Waals surface area contributed by atoms with Gasteiger partial charge in [0.05, 0.1) is 12.7 Å². The molecule has 3 aromatic rings. The Morgan fingerprint density at radius 3 is 2.30 bits per heavy atom. The molecule has 0 spiro atoms. The van der Waals surface area contributed by atoms with E-state index in [1.54, 1.807) is 24.3 Å². The predicted molar refractivity (Wildman–Crippen MR) is 160 cm³/mol. The van der Waals surface area contributed by atoms with E-state index in [1.165, 1.54) is 24.3 Å². The Labute approximate surface area is 248 Å². The third-order valence-electron chi connectivity index (χ3n) is 8.38. The first-order valence-electron chi connectivity index (χ1n) is 13.9. The van der Waals surface area contributed by atoms with Crippen molar-refractivity contribution in [3.8, 4) is 0 Å². The molecule has 1 unspecified atom stereocenters. The number of carbonyl (C=O) groups excluding carboxylic acids is 1. The Morgan fingerprint density at radius 1 is 1.02 bits per heavy atom. The summed E-state index contributed by atoms with van der Waals surface area (Å²) in [5.74, 6) is -0.861. The molecule has 2 aliphatic rings. The largest absolute Gasteiger partial charge is 0.465 e. The molecule has 0 aromatic heterocycles. The van der Waals surface area contributed by atoms with Crippen LogP contribution in [0, 0.1) is 21.1 Å². The molecule has 0 amide bonds. The van der Waals surface area contributed by atoms with Gasteiger partial charge >= 0.3 is 5.97 Å². The highest BCUT2D eigenvalue weighted by Gasteiger charge is 2.47. The van der Waals surface area contributed by atoms with E-state index in [-0.39, 0.29) is 42.3 Å². The van der Waals surface area contributed by atoms with Gasteiger partial charge in [-0.25, -0.2) is 8.78 Å². The SMILES string of the molecule is CN1C2CC[C@H]1[C@@H](COC(=O)CCCc1ccc(N)c(I)c1)[C@H](OC(c1ccc(F)cc1)c1ccc(F)cc1)C2. The van der Waals surface area contributed by atoms with Crippen LogP contribution in [0.3, 0.4) is 0 Å². The molecular weight excluding hydrogens is 625 g/mol. The lowest BCUT2D eigenvalue weighted by atomic mass is 9.87. The number of hydrogen-bond acceptors (Lipinski definition) is 5. The van der Waals surface area contributed by atoms with Crippen LogP contribution < -0.4 is 5.73 Å². The molecule has 2 fully saturated rings. The third-order valence-corrected chi connectivity index (χ3v) is 9.31. The summed E-state index contributed by atoms with van der Waals surface area (Å²) in [6, 6.07) is 19.1. The van der Waals surface area contributed by atoms with Crippen LogP contribution in [-0.2, 0) is 20.7 Å². The molecule has 0 radical (unpaired) electrons. The number of halogens is 3. The highest BCUT2D eigenvalue weighted by atomic mass is 127. The lowest BCUT2D eigenvalue weighted by Crippen LogP contribution is -2.52. The summed E-state index contributed by atoms with van der Waals surface area (Å²) in [7, 11) is 2.14. The zero-order chi connectivity index (χ0) is 28.2. The number of hydrogen-bond donors (Lipinski definition) is 1. The van der Waals surface area contributed by atoms with E-state index < -0.39 is 6.10 Å². The fourth-order valence-corrected chi connectivity index (χ4v) is 6.71. The summed E-state index contributed by atoms with van der Waals surface area (Å²) in [6.45, 7) is 0.282. The van der Waals surface area contributed by atoms with Crippen LogP contribution >= 0.6 is 22.6 Å². The Balaban J connectivity index is 1.26. The molecule has 0 saturated carbocycles. The minimum atomic E-state index is -0.491. The van der Waals surface area contributed by atoms with Crippen molar-refractivity contribution in [1.29, 1.82) is 0 Å². The summed E-state index contributed by atoms with van der Waals surface area (Å²) in [5.41, 5.74) is 9.41. The topological polar surface area (TPSA) is 64.8 Å². The molecule has 8 heteroatoms. The maximum Gasteiger partial charge on any atom is 0.305 e. The van der Waals surface area contributed by atoms with Crippen LogP contribution in [0.4, 0.5) is 14.5 Å². The summed E-state index contributed by atoms with van der Waals surface area (Å²) in [5, 5.41) is 0. The molecule has 212 valence electrons. The van der Waals surface area contributed by atoms with E-state index in [0.29, 0.717) is 18.9 Å². The first-order valence-corrected chi connectivity index (χ1v) is 14.9. The predicted octanol–water partition coefficient (Wildman–Crippen LogP) is 6.68. The summed E-state index contributed by atoms with van der Waals surface area (Å²) in [4.78, 5) is 15.1. The first kappa shape index (κ1) is 29.0. The van der Waals surface area contributed by atoms with Gasteiger partial charge in [-0.2, -0.15) is 0 Å². The lowest BCUT2D eigenvalue weighted by Gasteiger charge is -2.43. The van der Waals surface area contributed by atoms with Gasteiger partial charge in [0.25, 0.3) is 0 Å². The van der Waals surface area contributed by atoms with Crippen LogP contribution in [0.25, 0.3) is 0 Å². The van der Waals surface area contributed by atoms with Gasteiger partial charge < -0.3 is 15.2 Å². The molecule has 3 aromatic carbocycles. The quantitative estimate of drug-likeness (QED) is 0.150. The molecule has 2 heterocycles. The van der Waals surface area contributed by atoms with Crippen LogP contribution in [0.15, 0.2) is 66.7 Å². The van der Waals surface area contributed by atoms with Gasteiger partial charge in [0.1, 0.15) is 17.7 Å². The van der Waals surface area contributed by atoms with Crippen molar-refractivity contribution in [1.82, 2.24) is 4.90 Å². The molecule has 2 N–H and O–H groups in total. The molecule has 5 rings (SSSR count). The Bertz CT molecular complexity index is 1260. The fourth-order valence-electron chi connectivity index (χ4n) is 6.13. The number of esters is 1. The number of carbonyl (C=O) groups is 1. The number of nitrogens with zero attached hydrogens (tertiary/aromatic N) is 1. The van der Waals surface area contributed by atoms with E-state index in [1.807, 2.05) is 12.1 Å². The number of rotatable bonds is 10. The Morgan fingerprint density at radius 2 is 1.68 bits per heavy atom. The van der Waals surface area contributed by atoms with Crippen LogP contribution in [-0.4, -0.2) is 42.7 Å². The molecular formula is C32H35F2IN2O3. The van der Waals surface area contributed by atoms with Crippen molar-refractivity contribution >= 4 is 34.2 Å². The van der Waals surface area contributed by atoms with Crippen molar-refractivity contribution in [2.24, 2.45) is 5.92 Å². The molecule has 4 atom stereocenters. The number of nitrogens with two attached hydrogens (primary N) is 1. The third kappa shape index (κ3) is 6.83. The fraction of sp³-hybridized carbons (Fsp3) is 0.406. The number of piperidine rings is 1. The second kappa shape index (κ2) is 13.0. The lowest BCUT2D eigenvalue weighted by molar-refractivity contribution is -0.152. The van der Waals surface area contributed by atoms with E-state index in [9.17, 15) is 13.6 Å². The second-order valence-corrected chi connectivity index (χ2v) is 12.1. The number of fused-ring (bicyclic) bond motifs is 2. The van der Waals surface area contributed by atoms with Crippen LogP contribution in [0.2, 0.25) is 0 Å². The zero-order valence-electron chi connectivity index (χ0n) is 22.6. The van der Waals surface area contributed by atoms with E-state index in [0.717, 1.165) is 51.6 Å². The zero-order valence-corrected chi connectivity index (χ0v) is 24.7. The minimum absolute atomic E-state index is 0.00484. The maximum atomic E-state index is 13.7. The van der Waals surface area contributed by atoms with Gasteiger partial charge in [-0.15, -0.1) is 0 Å². The first-order chi connectivity index (χ1) is 19.3. The molecule has 2 aliphatic heterocycles. The maximum absolute atomic E-state index is 13.7. The monoisotopic (exact) mass is 660 g/mol. The standard InChI is InChI=1S/C32H35F2IN2O3/c1-37-25-14-16-29(37)26(19-39-31(38)4-2-3-20-5-15-28(36)27(35)17-20)30(18-25)40-32(21-6-10-23(33)11-7-21)22-8-12-24(34)13-9-22/h5-13,15,17,25-26,29-30,32H,2-4,14,16,18-19,36H2,1H3/t25?,26-,29+,30-/m1/s1. The second-order valence-electron chi connectivity index (χ2n) is 10.9. The summed E-state index contributed by atoms with van der Waals surface area (Å²) < 4.78 is 41.1. The summed E-state index contributed by atoms with van der Waals surface area (Å²) in [6.07, 6.45) is 4.07. The van der Waals surface area contributed by atoms with Gasteiger partial charge in [-0.1, -0.05) is 30.3 Å². The number of nitrogen functional groups attached to an aromatic ring is 1. The average molecular weight is 661 g/mol. The molecule has 2 saturated heterocycles. The molecule has 40 heavy (non-hydrogen) atoms. The van der Waals surface area contributed by atoms with Crippen LogP contribution in [0.1, 0.15) is 54.9 Å². The number of aryl methyl sites for hydroxylation is 1. The number of benzene rings is 3. The Kier molecular flexibility index (Phi) is 9.38. The van der Waals surface area contributed by atoms with E-state index in [4.69, 9.17) is 15.2 Å². The number of anilines is 1. The smallest absolute Gasteiger partial charge is 0.305 e.